The number of allylic oxidation sites excluding steroid dienone is 1. The smallest absolute Gasteiger partial charge is 0.338 e. The van der Waals surface area contributed by atoms with Crippen LogP contribution in [0.5, 0.6) is 0 Å². The van der Waals surface area contributed by atoms with Crippen molar-refractivity contribution in [1.29, 1.82) is 0 Å². The molecule has 0 aliphatic heterocycles. The van der Waals surface area contributed by atoms with Gasteiger partial charge in [0.1, 0.15) is 0 Å². The molecule has 0 radical (unpaired) electrons. The fourth-order valence-corrected chi connectivity index (χ4v) is 1.12. The molecular weight excluding hydrogens is 188 g/mol. The highest BCUT2D eigenvalue weighted by atomic mass is 16.5. The zero-order valence-corrected chi connectivity index (χ0v) is 9.92. The summed E-state index contributed by atoms with van der Waals surface area (Å²) in [5, 5.41) is 0. The van der Waals surface area contributed by atoms with Crippen molar-refractivity contribution in [3.05, 3.63) is 24.5 Å². The lowest BCUT2D eigenvalue weighted by molar-refractivity contribution is -0.133. The van der Waals surface area contributed by atoms with E-state index in [-0.39, 0.29) is 5.97 Å². The Balaban J connectivity index is 3.65. The van der Waals surface area contributed by atoms with Crippen LogP contribution in [0.15, 0.2) is 24.5 Å². The van der Waals surface area contributed by atoms with Gasteiger partial charge in [-0.3, -0.25) is 0 Å². The van der Waals surface area contributed by atoms with Gasteiger partial charge < -0.3 is 4.74 Å². The molecule has 2 heteroatoms. The molecule has 86 valence electrons. The minimum atomic E-state index is -0.293. The average Bonchev–Trinajstić information content (AvgIpc) is 2.24. The average molecular weight is 210 g/mol. The summed E-state index contributed by atoms with van der Waals surface area (Å²) in [6.07, 6.45) is 9.38. The normalized spacial score (nSPS) is 10.5. The molecule has 0 N–H and O–H groups in total. The molecule has 0 saturated carbocycles. The summed E-state index contributed by atoms with van der Waals surface area (Å²) < 4.78 is 4.92. The van der Waals surface area contributed by atoms with Crippen LogP contribution in [0.25, 0.3) is 0 Å². The first-order valence-corrected chi connectivity index (χ1v) is 5.76. The standard InChI is InChI=1S/C13H22O2/c1-4-6-8-10-12(3)13(14)15-11-9-7-5-2/h9,11H,3-8,10H2,1-2H3. The van der Waals surface area contributed by atoms with Crippen LogP contribution in [0, 0.1) is 0 Å². The van der Waals surface area contributed by atoms with Crippen molar-refractivity contribution in [3.63, 3.8) is 0 Å². The lowest BCUT2D eigenvalue weighted by atomic mass is 10.1. The summed E-state index contributed by atoms with van der Waals surface area (Å²) in [7, 11) is 0. The molecule has 15 heavy (non-hydrogen) atoms. The fraction of sp³-hybridized carbons (Fsp3) is 0.615. The molecule has 0 aromatic heterocycles. The van der Waals surface area contributed by atoms with E-state index in [2.05, 4.69) is 20.4 Å². The highest BCUT2D eigenvalue weighted by Crippen LogP contribution is 2.08. The number of unbranched alkanes of at least 4 members (excludes halogenated alkanes) is 3. The minimum absolute atomic E-state index is 0.293. The van der Waals surface area contributed by atoms with E-state index in [1.54, 1.807) is 0 Å². The predicted octanol–water partition coefficient (Wildman–Crippen LogP) is 3.98. The Hall–Kier alpha value is -1.05. The lowest BCUT2D eigenvalue weighted by Gasteiger charge is -2.02. The van der Waals surface area contributed by atoms with E-state index in [1.807, 2.05) is 6.08 Å². The molecule has 0 atom stereocenters. The molecule has 0 bridgehead atoms. The van der Waals surface area contributed by atoms with Crippen LogP contribution >= 0.6 is 0 Å². The Labute approximate surface area is 93.0 Å². The largest absolute Gasteiger partial charge is 0.431 e. The van der Waals surface area contributed by atoms with Crippen molar-refractivity contribution in [2.45, 2.75) is 52.4 Å². The second-order valence-corrected chi connectivity index (χ2v) is 3.63. The summed E-state index contributed by atoms with van der Waals surface area (Å²) >= 11 is 0. The third-order valence-corrected chi connectivity index (χ3v) is 2.10. The maximum atomic E-state index is 11.3. The van der Waals surface area contributed by atoms with Gasteiger partial charge in [0.25, 0.3) is 0 Å². The zero-order chi connectivity index (χ0) is 11.5. The van der Waals surface area contributed by atoms with Crippen LogP contribution in [-0.2, 0) is 9.53 Å². The van der Waals surface area contributed by atoms with Crippen molar-refractivity contribution in [2.24, 2.45) is 0 Å². The highest BCUT2D eigenvalue weighted by Gasteiger charge is 2.05. The van der Waals surface area contributed by atoms with E-state index in [4.69, 9.17) is 4.74 Å². The van der Waals surface area contributed by atoms with E-state index in [1.165, 1.54) is 6.26 Å². The maximum Gasteiger partial charge on any atom is 0.338 e. The van der Waals surface area contributed by atoms with E-state index in [0.717, 1.165) is 38.5 Å². The van der Waals surface area contributed by atoms with Crippen LogP contribution in [0.2, 0.25) is 0 Å². The molecule has 0 saturated heterocycles. The summed E-state index contributed by atoms with van der Waals surface area (Å²) in [5.41, 5.74) is 0.574. The topological polar surface area (TPSA) is 26.3 Å². The molecule has 0 fully saturated rings. The van der Waals surface area contributed by atoms with Crippen LogP contribution in [0.3, 0.4) is 0 Å². The molecule has 0 unspecified atom stereocenters. The number of hydrogen-bond acceptors (Lipinski definition) is 2. The molecule has 0 aromatic carbocycles. The summed E-state index contributed by atoms with van der Waals surface area (Å²) in [5.74, 6) is -0.293. The van der Waals surface area contributed by atoms with Crippen LogP contribution in [-0.4, -0.2) is 5.97 Å². The van der Waals surface area contributed by atoms with E-state index < -0.39 is 0 Å². The number of hydrogen-bond donors (Lipinski definition) is 0. The van der Waals surface area contributed by atoms with Gasteiger partial charge in [0.15, 0.2) is 0 Å². The molecule has 0 spiro atoms. The molecule has 0 heterocycles. The Morgan fingerprint density at radius 2 is 2.00 bits per heavy atom. The van der Waals surface area contributed by atoms with Crippen molar-refractivity contribution >= 4 is 5.97 Å². The number of ether oxygens (including phenoxy) is 1. The first-order valence-electron chi connectivity index (χ1n) is 5.76. The molecule has 0 aromatic rings. The van der Waals surface area contributed by atoms with E-state index in [0.29, 0.717) is 5.57 Å². The quantitative estimate of drug-likeness (QED) is 0.262. The van der Waals surface area contributed by atoms with Crippen LogP contribution in [0.1, 0.15) is 52.4 Å². The summed E-state index contributed by atoms with van der Waals surface area (Å²) in [6.45, 7) is 7.93. The van der Waals surface area contributed by atoms with Gasteiger partial charge in [-0.25, -0.2) is 4.79 Å². The van der Waals surface area contributed by atoms with Gasteiger partial charge in [0.05, 0.1) is 6.26 Å². The number of esters is 1. The Morgan fingerprint density at radius 1 is 1.27 bits per heavy atom. The minimum Gasteiger partial charge on any atom is -0.431 e. The molecular formula is C13H22O2. The molecule has 0 aliphatic carbocycles. The molecule has 0 aliphatic rings. The van der Waals surface area contributed by atoms with Crippen LogP contribution in [0.4, 0.5) is 0 Å². The van der Waals surface area contributed by atoms with Crippen LogP contribution < -0.4 is 0 Å². The third kappa shape index (κ3) is 7.98. The zero-order valence-electron chi connectivity index (χ0n) is 9.92. The van der Waals surface area contributed by atoms with Gasteiger partial charge in [-0.2, -0.15) is 0 Å². The number of carbonyl (C=O) groups is 1. The maximum absolute atomic E-state index is 11.3. The Bertz CT molecular complexity index is 217. The highest BCUT2D eigenvalue weighted by molar-refractivity contribution is 5.88. The van der Waals surface area contributed by atoms with Gasteiger partial charge >= 0.3 is 5.97 Å². The van der Waals surface area contributed by atoms with Crippen molar-refractivity contribution in [3.8, 4) is 0 Å². The van der Waals surface area contributed by atoms with Gasteiger partial charge in [0, 0.05) is 5.57 Å². The molecule has 0 amide bonds. The van der Waals surface area contributed by atoms with Gasteiger partial charge in [-0.05, 0) is 25.3 Å². The Kier molecular flexibility index (Phi) is 8.84. The number of carbonyl (C=O) groups excluding carboxylic acids is 1. The SMILES string of the molecule is C=C(CCCCC)C(=O)OC=CCCC. The first-order chi connectivity index (χ1) is 7.22. The first kappa shape index (κ1) is 13.9. The van der Waals surface area contributed by atoms with Crippen molar-refractivity contribution < 1.29 is 9.53 Å². The second kappa shape index (κ2) is 9.50. The fourth-order valence-electron chi connectivity index (χ4n) is 1.12. The third-order valence-electron chi connectivity index (χ3n) is 2.10. The number of rotatable bonds is 8. The van der Waals surface area contributed by atoms with Gasteiger partial charge in [-0.1, -0.05) is 39.7 Å². The van der Waals surface area contributed by atoms with Gasteiger partial charge in [-0.15, -0.1) is 0 Å². The van der Waals surface area contributed by atoms with Crippen molar-refractivity contribution in [2.75, 3.05) is 0 Å². The van der Waals surface area contributed by atoms with Crippen molar-refractivity contribution in [1.82, 2.24) is 0 Å². The monoisotopic (exact) mass is 210 g/mol. The van der Waals surface area contributed by atoms with E-state index in [9.17, 15) is 4.79 Å². The molecule has 0 rings (SSSR count). The van der Waals surface area contributed by atoms with Gasteiger partial charge in [0.2, 0.25) is 0 Å². The lowest BCUT2D eigenvalue weighted by Crippen LogP contribution is -2.02. The predicted molar refractivity (Wildman–Crippen MR) is 63.4 cm³/mol. The van der Waals surface area contributed by atoms with E-state index >= 15 is 0 Å². The second-order valence-electron chi connectivity index (χ2n) is 3.63. The molecule has 2 nitrogen and oxygen atoms in total. The Morgan fingerprint density at radius 3 is 2.60 bits per heavy atom. The summed E-state index contributed by atoms with van der Waals surface area (Å²) in [4.78, 5) is 11.3. The summed E-state index contributed by atoms with van der Waals surface area (Å²) in [6, 6.07) is 0.